The van der Waals surface area contributed by atoms with Gasteiger partial charge in [0.2, 0.25) is 0 Å². The number of Topliss-reactive ketones (excluding diaryl/α,β-unsaturated/α-hetero) is 1. The zero-order valence-electron chi connectivity index (χ0n) is 9.60. The Hall–Kier alpha value is -1.64. The van der Waals surface area contributed by atoms with Gasteiger partial charge >= 0.3 is 5.97 Å². The molecule has 0 spiro atoms. The summed E-state index contributed by atoms with van der Waals surface area (Å²) in [4.78, 5) is 22.2. The van der Waals surface area contributed by atoms with Crippen LogP contribution in [0.5, 0.6) is 0 Å². The Morgan fingerprint density at radius 1 is 1.25 bits per heavy atom. The van der Waals surface area contributed by atoms with E-state index in [1.807, 2.05) is 30.3 Å². The highest BCUT2D eigenvalue weighted by molar-refractivity contribution is 5.85. The van der Waals surface area contributed by atoms with E-state index in [0.717, 1.165) is 5.56 Å². The van der Waals surface area contributed by atoms with Gasteiger partial charge in [-0.05, 0) is 18.9 Å². The van der Waals surface area contributed by atoms with Gasteiger partial charge in [0.15, 0.2) is 11.9 Å². The van der Waals surface area contributed by atoms with Crippen molar-refractivity contribution < 1.29 is 14.3 Å². The summed E-state index contributed by atoms with van der Waals surface area (Å²) >= 11 is 0. The molecule has 0 saturated carbocycles. The van der Waals surface area contributed by atoms with E-state index in [0.29, 0.717) is 12.8 Å². The molecule has 0 fully saturated rings. The van der Waals surface area contributed by atoms with Crippen molar-refractivity contribution in [3.8, 4) is 0 Å². The van der Waals surface area contributed by atoms with E-state index in [2.05, 4.69) is 0 Å². The van der Waals surface area contributed by atoms with Crippen LogP contribution in [0.15, 0.2) is 30.3 Å². The summed E-state index contributed by atoms with van der Waals surface area (Å²) in [7, 11) is 0. The van der Waals surface area contributed by atoms with E-state index in [-0.39, 0.29) is 5.78 Å². The van der Waals surface area contributed by atoms with Crippen LogP contribution in [0.3, 0.4) is 0 Å². The number of hydrogen-bond donors (Lipinski definition) is 0. The quantitative estimate of drug-likeness (QED) is 0.714. The first-order chi connectivity index (χ1) is 7.59. The maximum absolute atomic E-state index is 11.6. The van der Waals surface area contributed by atoms with Crippen LogP contribution in [-0.4, -0.2) is 17.9 Å². The fourth-order valence-electron chi connectivity index (χ4n) is 1.43. The van der Waals surface area contributed by atoms with Gasteiger partial charge in [0.05, 0.1) is 0 Å². The molecule has 0 saturated heterocycles. The van der Waals surface area contributed by atoms with Crippen molar-refractivity contribution in [2.75, 3.05) is 0 Å². The second-order valence-corrected chi connectivity index (χ2v) is 3.70. The molecule has 0 radical (unpaired) electrons. The molecule has 0 N–H and O–H groups in total. The molecular formula is C13H16O3. The molecule has 1 unspecified atom stereocenters. The van der Waals surface area contributed by atoms with Gasteiger partial charge in [-0.3, -0.25) is 9.59 Å². The predicted molar refractivity (Wildman–Crippen MR) is 61.0 cm³/mol. The molecule has 86 valence electrons. The van der Waals surface area contributed by atoms with Gasteiger partial charge in [-0.2, -0.15) is 0 Å². The lowest BCUT2D eigenvalue weighted by Crippen LogP contribution is -2.23. The highest BCUT2D eigenvalue weighted by atomic mass is 16.5. The van der Waals surface area contributed by atoms with Crippen LogP contribution in [0.1, 0.15) is 25.8 Å². The van der Waals surface area contributed by atoms with Gasteiger partial charge in [-0.15, -0.1) is 0 Å². The average molecular weight is 220 g/mol. The minimum Gasteiger partial charge on any atom is -0.455 e. The van der Waals surface area contributed by atoms with Crippen LogP contribution < -0.4 is 0 Å². The molecule has 0 bridgehead atoms. The molecule has 0 aliphatic carbocycles. The molecule has 0 aliphatic rings. The summed E-state index contributed by atoms with van der Waals surface area (Å²) < 4.78 is 4.81. The average Bonchev–Trinajstić information content (AvgIpc) is 2.26. The van der Waals surface area contributed by atoms with Crippen LogP contribution in [0.2, 0.25) is 0 Å². The largest absolute Gasteiger partial charge is 0.455 e. The maximum Gasteiger partial charge on any atom is 0.303 e. The van der Waals surface area contributed by atoms with E-state index in [1.54, 1.807) is 6.92 Å². The van der Waals surface area contributed by atoms with Crippen LogP contribution in [-0.2, 0) is 20.7 Å². The van der Waals surface area contributed by atoms with Crippen LogP contribution in [0.4, 0.5) is 0 Å². The predicted octanol–water partition coefficient (Wildman–Crippen LogP) is 2.14. The maximum atomic E-state index is 11.6. The van der Waals surface area contributed by atoms with E-state index in [9.17, 15) is 9.59 Å². The number of benzene rings is 1. The Labute approximate surface area is 95.4 Å². The SMILES string of the molecule is CC(=O)OC(C)C(=O)CCc1ccccc1. The topological polar surface area (TPSA) is 43.4 Å². The van der Waals surface area contributed by atoms with Gasteiger partial charge in [-0.25, -0.2) is 0 Å². The summed E-state index contributed by atoms with van der Waals surface area (Å²) in [5.74, 6) is -0.459. The Morgan fingerprint density at radius 2 is 1.88 bits per heavy atom. The highest BCUT2D eigenvalue weighted by Gasteiger charge is 2.15. The standard InChI is InChI=1S/C13H16O3/c1-10(16-11(2)14)13(15)9-8-12-6-4-3-5-7-12/h3-7,10H,8-9H2,1-2H3. The van der Waals surface area contributed by atoms with E-state index in [1.165, 1.54) is 6.92 Å². The highest BCUT2D eigenvalue weighted by Crippen LogP contribution is 2.05. The van der Waals surface area contributed by atoms with E-state index >= 15 is 0 Å². The smallest absolute Gasteiger partial charge is 0.303 e. The van der Waals surface area contributed by atoms with Gasteiger partial charge < -0.3 is 4.74 Å². The normalized spacial score (nSPS) is 11.9. The third kappa shape index (κ3) is 4.26. The van der Waals surface area contributed by atoms with Crippen molar-refractivity contribution in [2.24, 2.45) is 0 Å². The summed E-state index contributed by atoms with van der Waals surface area (Å²) in [5.41, 5.74) is 1.12. The Morgan fingerprint density at radius 3 is 2.44 bits per heavy atom. The fraction of sp³-hybridized carbons (Fsp3) is 0.385. The molecule has 1 aromatic carbocycles. The first-order valence-corrected chi connectivity index (χ1v) is 5.33. The molecule has 0 aromatic heterocycles. The number of ether oxygens (including phenoxy) is 1. The van der Waals surface area contributed by atoms with E-state index < -0.39 is 12.1 Å². The summed E-state index contributed by atoms with van der Waals surface area (Å²) in [6.45, 7) is 2.91. The second-order valence-electron chi connectivity index (χ2n) is 3.70. The lowest BCUT2D eigenvalue weighted by molar-refractivity contribution is -0.151. The minimum atomic E-state index is -0.638. The Bertz CT molecular complexity index is 357. The van der Waals surface area contributed by atoms with Crippen molar-refractivity contribution in [3.05, 3.63) is 35.9 Å². The lowest BCUT2D eigenvalue weighted by atomic mass is 10.1. The molecule has 1 aromatic rings. The summed E-state index contributed by atoms with van der Waals surface area (Å²) in [6, 6.07) is 9.77. The Kier molecular flexibility index (Phi) is 4.70. The molecule has 0 amide bonds. The first kappa shape index (κ1) is 12.4. The number of carbonyl (C=O) groups is 2. The number of rotatable bonds is 5. The molecule has 0 aliphatic heterocycles. The van der Waals surface area contributed by atoms with Crippen molar-refractivity contribution in [1.82, 2.24) is 0 Å². The summed E-state index contributed by atoms with van der Waals surface area (Å²) in [6.07, 6.45) is 0.449. The van der Waals surface area contributed by atoms with Crippen molar-refractivity contribution >= 4 is 11.8 Å². The number of aryl methyl sites for hydroxylation is 1. The number of carbonyl (C=O) groups excluding carboxylic acids is 2. The van der Waals surface area contributed by atoms with Gasteiger partial charge in [0, 0.05) is 13.3 Å². The number of esters is 1. The molecule has 3 nitrogen and oxygen atoms in total. The molecular weight excluding hydrogens is 204 g/mol. The van der Waals surface area contributed by atoms with E-state index in [4.69, 9.17) is 4.74 Å². The minimum absolute atomic E-state index is 0.0425. The molecule has 16 heavy (non-hydrogen) atoms. The lowest BCUT2D eigenvalue weighted by Gasteiger charge is -2.10. The second kappa shape index (κ2) is 6.05. The van der Waals surface area contributed by atoms with Gasteiger partial charge in [0.25, 0.3) is 0 Å². The third-order valence-electron chi connectivity index (χ3n) is 2.30. The molecule has 0 heterocycles. The molecule has 1 rings (SSSR count). The fourth-order valence-corrected chi connectivity index (χ4v) is 1.43. The number of hydrogen-bond acceptors (Lipinski definition) is 3. The van der Waals surface area contributed by atoms with Crippen LogP contribution >= 0.6 is 0 Å². The van der Waals surface area contributed by atoms with Crippen molar-refractivity contribution in [1.29, 1.82) is 0 Å². The third-order valence-corrected chi connectivity index (χ3v) is 2.30. The summed E-state index contributed by atoms with van der Waals surface area (Å²) in [5, 5.41) is 0. The Balaban J connectivity index is 2.38. The molecule has 1 atom stereocenters. The van der Waals surface area contributed by atoms with Gasteiger partial charge in [0.1, 0.15) is 0 Å². The van der Waals surface area contributed by atoms with Crippen molar-refractivity contribution in [3.63, 3.8) is 0 Å². The van der Waals surface area contributed by atoms with Crippen LogP contribution in [0, 0.1) is 0 Å². The first-order valence-electron chi connectivity index (χ1n) is 5.33. The number of ketones is 1. The van der Waals surface area contributed by atoms with Gasteiger partial charge in [-0.1, -0.05) is 30.3 Å². The van der Waals surface area contributed by atoms with Crippen molar-refractivity contribution in [2.45, 2.75) is 32.8 Å². The monoisotopic (exact) mass is 220 g/mol. The molecule has 3 heteroatoms. The zero-order chi connectivity index (χ0) is 12.0. The zero-order valence-corrected chi connectivity index (χ0v) is 9.60. The van der Waals surface area contributed by atoms with Crippen LogP contribution in [0.25, 0.3) is 0 Å².